The Labute approximate surface area is 170 Å². The van der Waals surface area contributed by atoms with Gasteiger partial charge in [-0.05, 0) is 54.2 Å². The monoisotopic (exact) mass is 462 g/mol. The zero-order chi connectivity index (χ0) is 17.2. The number of carbonyl (C=O) groups is 1. The summed E-state index contributed by atoms with van der Waals surface area (Å²) in [5.74, 6) is 0.482. The molecule has 2 aromatic rings. The summed E-state index contributed by atoms with van der Waals surface area (Å²) in [4.78, 5) is 16.3. The molecule has 0 fully saturated rings. The number of fused-ring (bicyclic) bond motifs is 2. The van der Waals surface area contributed by atoms with Gasteiger partial charge in [-0.2, -0.15) is 0 Å². The molecule has 2 aliphatic rings. The fraction of sp³-hybridized carbons (Fsp3) is 0.300. The molecule has 1 unspecified atom stereocenters. The van der Waals surface area contributed by atoms with Gasteiger partial charge in [-0.1, -0.05) is 24.3 Å². The number of aliphatic imine (C=N–C) groups is 1. The highest BCUT2D eigenvalue weighted by molar-refractivity contribution is 14.0. The first kappa shape index (κ1) is 18.7. The fourth-order valence-corrected chi connectivity index (χ4v) is 3.71. The summed E-state index contributed by atoms with van der Waals surface area (Å²) < 4.78 is 0. The van der Waals surface area contributed by atoms with Crippen molar-refractivity contribution in [2.45, 2.75) is 31.6 Å². The van der Waals surface area contributed by atoms with Gasteiger partial charge in [0.2, 0.25) is 5.91 Å². The number of hydrogen-bond donors (Lipinski definition) is 3. The van der Waals surface area contributed by atoms with E-state index in [2.05, 4.69) is 33.8 Å². The summed E-state index contributed by atoms with van der Waals surface area (Å²) in [7, 11) is 0. The number of amides is 1. The topological polar surface area (TPSA) is 79.5 Å². The van der Waals surface area contributed by atoms with Crippen molar-refractivity contribution in [3.8, 4) is 0 Å². The average molecular weight is 462 g/mol. The Morgan fingerprint density at radius 3 is 2.88 bits per heavy atom. The summed E-state index contributed by atoms with van der Waals surface area (Å²) >= 11 is 0. The number of para-hydroxylation sites is 1. The van der Waals surface area contributed by atoms with Crippen molar-refractivity contribution in [1.82, 2.24) is 0 Å². The van der Waals surface area contributed by atoms with E-state index >= 15 is 0 Å². The first-order chi connectivity index (χ1) is 12.2. The van der Waals surface area contributed by atoms with Crippen LogP contribution in [0.5, 0.6) is 0 Å². The highest BCUT2D eigenvalue weighted by Crippen LogP contribution is 2.32. The third kappa shape index (κ3) is 4.00. The number of aryl methyl sites for hydroxylation is 2. The molecule has 0 spiro atoms. The van der Waals surface area contributed by atoms with Crippen LogP contribution in [-0.2, 0) is 17.6 Å². The number of guanidine groups is 1. The van der Waals surface area contributed by atoms with E-state index in [1.807, 2.05) is 24.3 Å². The number of hydrogen-bond acceptors (Lipinski definition) is 2. The Hall–Kier alpha value is -2.09. The number of carbonyl (C=O) groups excluding carboxylic acids is 1. The van der Waals surface area contributed by atoms with Gasteiger partial charge in [0.15, 0.2) is 5.96 Å². The molecular formula is C20H23IN4O. The first-order valence-corrected chi connectivity index (χ1v) is 8.76. The number of halogens is 1. The van der Waals surface area contributed by atoms with Crippen molar-refractivity contribution in [1.29, 1.82) is 0 Å². The van der Waals surface area contributed by atoms with Crippen LogP contribution in [-0.4, -0.2) is 18.4 Å². The molecular weight excluding hydrogens is 439 g/mol. The van der Waals surface area contributed by atoms with Crippen LogP contribution in [0.2, 0.25) is 0 Å². The zero-order valence-corrected chi connectivity index (χ0v) is 16.8. The summed E-state index contributed by atoms with van der Waals surface area (Å²) in [5.41, 5.74) is 11.9. The molecule has 6 heteroatoms. The van der Waals surface area contributed by atoms with Crippen molar-refractivity contribution in [2.24, 2.45) is 10.7 Å². The molecule has 136 valence electrons. The van der Waals surface area contributed by atoms with E-state index in [4.69, 9.17) is 5.73 Å². The standard InChI is InChI=1S/C20H22N4O.HI/c21-20(23-16-9-8-13-4-3-5-14(13)10-16)22-12-15-11-19(25)24-18-7-2-1-6-17(15)18;/h1-2,6-10,15H,3-5,11-12H2,(H,24,25)(H3,21,22,23);1H. The van der Waals surface area contributed by atoms with Crippen LogP contribution in [0.1, 0.15) is 35.4 Å². The third-order valence-corrected chi connectivity index (χ3v) is 4.96. The number of benzene rings is 2. The van der Waals surface area contributed by atoms with Crippen LogP contribution in [0.15, 0.2) is 47.5 Å². The van der Waals surface area contributed by atoms with E-state index in [-0.39, 0.29) is 35.8 Å². The molecule has 4 N–H and O–H groups in total. The Bertz CT molecular complexity index is 849. The molecule has 2 aromatic carbocycles. The molecule has 0 saturated heterocycles. The number of nitrogens with two attached hydrogens (primary N) is 1. The average Bonchev–Trinajstić information content (AvgIpc) is 3.07. The third-order valence-electron chi connectivity index (χ3n) is 4.96. The van der Waals surface area contributed by atoms with Crippen molar-refractivity contribution >= 4 is 47.2 Å². The summed E-state index contributed by atoms with van der Waals surface area (Å²) in [5, 5.41) is 6.08. The molecule has 0 saturated carbocycles. The van der Waals surface area contributed by atoms with E-state index < -0.39 is 0 Å². The molecule has 5 nitrogen and oxygen atoms in total. The highest BCUT2D eigenvalue weighted by Gasteiger charge is 2.24. The lowest BCUT2D eigenvalue weighted by Gasteiger charge is -2.24. The maximum Gasteiger partial charge on any atom is 0.225 e. The van der Waals surface area contributed by atoms with Crippen LogP contribution < -0.4 is 16.4 Å². The minimum Gasteiger partial charge on any atom is -0.370 e. The second kappa shape index (κ2) is 8.07. The van der Waals surface area contributed by atoms with Crippen molar-refractivity contribution in [2.75, 3.05) is 17.2 Å². The van der Waals surface area contributed by atoms with Crippen LogP contribution >= 0.6 is 24.0 Å². The predicted molar refractivity (Wildman–Crippen MR) is 116 cm³/mol. The molecule has 1 heterocycles. The van der Waals surface area contributed by atoms with E-state index in [0.29, 0.717) is 18.9 Å². The molecule has 1 aliphatic heterocycles. The Morgan fingerprint density at radius 2 is 2.00 bits per heavy atom. The van der Waals surface area contributed by atoms with Gasteiger partial charge in [-0.15, -0.1) is 24.0 Å². The van der Waals surface area contributed by atoms with Gasteiger partial charge in [0.25, 0.3) is 0 Å². The zero-order valence-electron chi connectivity index (χ0n) is 14.5. The molecule has 1 amide bonds. The lowest BCUT2D eigenvalue weighted by Crippen LogP contribution is -2.27. The molecule has 1 aliphatic carbocycles. The maximum absolute atomic E-state index is 11.9. The van der Waals surface area contributed by atoms with E-state index in [0.717, 1.165) is 23.4 Å². The largest absolute Gasteiger partial charge is 0.370 e. The number of nitrogens with zero attached hydrogens (tertiary/aromatic N) is 1. The fourth-order valence-electron chi connectivity index (χ4n) is 3.71. The van der Waals surface area contributed by atoms with Crippen molar-refractivity contribution in [3.63, 3.8) is 0 Å². The van der Waals surface area contributed by atoms with Crippen molar-refractivity contribution in [3.05, 3.63) is 59.2 Å². The van der Waals surface area contributed by atoms with Gasteiger partial charge in [0, 0.05) is 23.7 Å². The summed E-state index contributed by atoms with van der Waals surface area (Å²) in [6.07, 6.45) is 3.97. The number of nitrogens with one attached hydrogen (secondary N) is 2. The summed E-state index contributed by atoms with van der Waals surface area (Å²) in [6, 6.07) is 14.3. The maximum atomic E-state index is 11.9. The predicted octanol–water partition coefficient (Wildman–Crippen LogP) is 3.65. The van der Waals surface area contributed by atoms with Crippen LogP contribution in [0, 0.1) is 0 Å². The van der Waals surface area contributed by atoms with Crippen LogP contribution in [0.25, 0.3) is 0 Å². The van der Waals surface area contributed by atoms with Gasteiger partial charge < -0.3 is 16.4 Å². The molecule has 4 rings (SSSR count). The lowest BCUT2D eigenvalue weighted by atomic mass is 9.91. The number of rotatable bonds is 3. The SMILES string of the molecule is I.NC(=NCC1CC(=O)Nc2ccccc21)Nc1ccc2c(c1)CCC2. The van der Waals surface area contributed by atoms with Crippen LogP contribution in [0.3, 0.4) is 0 Å². The molecule has 0 aromatic heterocycles. The Balaban J connectivity index is 0.00000196. The van der Waals surface area contributed by atoms with E-state index in [1.165, 1.54) is 24.0 Å². The van der Waals surface area contributed by atoms with Gasteiger partial charge in [-0.25, -0.2) is 0 Å². The van der Waals surface area contributed by atoms with Crippen LogP contribution in [0.4, 0.5) is 11.4 Å². The summed E-state index contributed by atoms with van der Waals surface area (Å²) in [6.45, 7) is 0.494. The molecule has 26 heavy (non-hydrogen) atoms. The minimum atomic E-state index is 0. The Kier molecular flexibility index (Phi) is 5.80. The smallest absolute Gasteiger partial charge is 0.225 e. The van der Waals surface area contributed by atoms with Gasteiger partial charge in [0.05, 0.1) is 6.54 Å². The first-order valence-electron chi connectivity index (χ1n) is 8.76. The van der Waals surface area contributed by atoms with E-state index in [1.54, 1.807) is 0 Å². The van der Waals surface area contributed by atoms with Gasteiger partial charge in [-0.3, -0.25) is 9.79 Å². The Morgan fingerprint density at radius 1 is 1.19 bits per heavy atom. The lowest BCUT2D eigenvalue weighted by molar-refractivity contribution is -0.116. The van der Waals surface area contributed by atoms with Gasteiger partial charge in [0.1, 0.15) is 0 Å². The number of anilines is 2. The molecule has 0 radical (unpaired) electrons. The minimum absolute atomic E-state index is 0. The molecule has 1 atom stereocenters. The second-order valence-electron chi connectivity index (χ2n) is 6.72. The molecule has 0 bridgehead atoms. The normalized spacial score (nSPS) is 18.4. The van der Waals surface area contributed by atoms with Crippen molar-refractivity contribution < 1.29 is 4.79 Å². The quantitative estimate of drug-likeness (QED) is 0.370. The second-order valence-corrected chi connectivity index (χ2v) is 6.72. The highest BCUT2D eigenvalue weighted by atomic mass is 127. The van der Waals surface area contributed by atoms with Gasteiger partial charge >= 0.3 is 0 Å². The van der Waals surface area contributed by atoms with E-state index in [9.17, 15) is 4.79 Å².